The molecular weight excluding hydrogens is 471 g/mol. The molecule has 9 heteroatoms. The molecule has 3 aliphatic heterocycles. The molecule has 0 spiro atoms. The van der Waals surface area contributed by atoms with E-state index in [9.17, 15) is 22.8 Å². The van der Waals surface area contributed by atoms with Crippen molar-refractivity contribution in [3.63, 3.8) is 0 Å². The topological polar surface area (TPSA) is 53.1 Å². The first-order valence-electron chi connectivity index (χ1n) is 13.4. The first-order valence-corrected chi connectivity index (χ1v) is 13.4. The van der Waals surface area contributed by atoms with Crippen molar-refractivity contribution >= 4 is 17.6 Å². The van der Waals surface area contributed by atoms with Crippen LogP contribution >= 0.6 is 0 Å². The van der Waals surface area contributed by atoms with Crippen LogP contribution in [-0.2, 0) is 26.9 Å². The molecule has 0 bridgehead atoms. The average molecular weight is 508 g/mol. The van der Waals surface area contributed by atoms with Gasteiger partial charge in [0.05, 0.1) is 30.0 Å². The summed E-state index contributed by atoms with van der Waals surface area (Å²) in [7, 11) is 0. The average Bonchev–Trinajstić information content (AvgIpc) is 3.42. The fourth-order valence-electron chi connectivity index (χ4n) is 6.74. The second-order valence-corrected chi connectivity index (χ2v) is 10.7. The Labute approximate surface area is 210 Å². The standard InChI is InChI=1S/C27H36F3N3O3/c1-2-36-26(35)18-9-11-31(12-10-18)25(34)22-16-19-15-20(27(28,29)30)7-8-23(19)33-14-13-32(17-24(22)33)21-5-3-4-6-21/h7-8,15,18,21-22,24H,2-6,9-14,16-17H2,1H3/t22-,24-/m0/s1. The van der Waals surface area contributed by atoms with E-state index in [4.69, 9.17) is 4.74 Å². The molecule has 1 aromatic rings. The van der Waals surface area contributed by atoms with Crippen LogP contribution in [0.3, 0.4) is 0 Å². The third kappa shape index (κ3) is 4.95. The number of anilines is 1. The monoisotopic (exact) mass is 507 g/mol. The summed E-state index contributed by atoms with van der Waals surface area (Å²) in [6.07, 6.45) is 1.85. The fraction of sp³-hybridized carbons (Fsp3) is 0.704. The molecule has 4 aliphatic rings. The van der Waals surface area contributed by atoms with Crippen LogP contribution in [0.15, 0.2) is 18.2 Å². The molecule has 1 saturated carbocycles. The molecule has 0 radical (unpaired) electrons. The number of benzene rings is 1. The van der Waals surface area contributed by atoms with Gasteiger partial charge in [0, 0.05) is 44.5 Å². The zero-order valence-corrected chi connectivity index (χ0v) is 20.9. The highest BCUT2D eigenvalue weighted by Gasteiger charge is 2.45. The Morgan fingerprint density at radius 1 is 1.03 bits per heavy atom. The maximum absolute atomic E-state index is 13.9. The van der Waals surface area contributed by atoms with Gasteiger partial charge in [0.1, 0.15) is 0 Å². The van der Waals surface area contributed by atoms with Gasteiger partial charge in [-0.1, -0.05) is 12.8 Å². The summed E-state index contributed by atoms with van der Waals surface area (Å²) in [6, 6.07) is 4.49. The molecule has 3 fully saturated rings. The molecule has 5 rings (SSSR count). The Hall–Kier alpha value is -2.29. The number of halogens is 3. The molecule has 1 aliphatic carbocycles. The minimum absolute atomic E-state index is 0.00337. The summed E-state index contributed by atoms with van der Waals surface area (Å²) in [5.41, 5.74) is 0.782. The van der Waals surface area contributed by atoms with Gasteiger partial charge >= 0.3 is 12.1 Å². The van der Waals surface area contributed by atoms with Crippen molar-refractivity contribution < 1.29 is 27.5 Å². The Morgan fingerprint density at radius 2 is 1.75 bits per heavy atom. The SMILES string of the molecule is CCOC(=O)C1CCN(C(=O)[C@H]2Cc3cc(C(F)(F)F)ccc3N3CCN(C4CCCC4)C[C@@H]23)CC1. The molecule has 198 valence electrons. The van der Waals surface area contributed by atoms with Crippen molar-refractivity contribution in [1.29, 1.82) is 0 Å². The van der Waals surface area contributed by atoms with Crippen LogP contribution < -0.4 is 4.90 Å². The van der Waals surface area contributed by atoms with Crippen LogP contribution in [0.1, 0.15) is 56.6 Å². The van der Waals surface area contributed by atoms with E-state index >= 15 is 0 Å². The third-order valence-electron chi connectivity index (χ3n) is 8.66. The van der Waals surface area contributed by atoms with E-state index in [2.05, 4.69) is 9.80 Å². The number of fused-ring (bicyclic) bond motifs is 3. The molecule has 36 heavy (non-hydrogen) atoms. The number of rotatable bonds is 4. The van der Waals surface area contributed by atoms with Crippen LogP contribution in [0.4, 0.5) is 18.9 Å². The smallest absolute Gasteiger partial charge is 0.416 e. The molecule has 0 N–H and O–H groups in total. The Bertz CT molecular complexity index is 971. The fourth-order valence-corrected chi connectivity index (χ4v) is 6.74. The van der Waals surface area contributed by atoms with E-state index in [0.29, 0.717) is 57.1 Å². The summed E-state index contributed by atoms with van der Waals surface area (Å²) in [4.78, 5) is 32.5. The number of carbonyl (C=O) groups is 2. The van der Waals surface area contributed by atoms with Crippen molar-refractivity contribution in [2.45, 2.75) is 70.1 Å². The lowest BCUT2D eigenvalue weighted by Crippen LogP contribution is -2.63. The van der Waals surface area contributed by atoms with E-state index in [1.807, 2.05) is 4.90 Å². The van der Waals surface area contributed by atoms with Gasteiger partial charge in [-0.25, -0.2) is 0 Å². The van der Waals surface area contributed by atoms with Crippen LogP contribution in [0.25, 0.3) is 0 Å². The van der Waals surface area contributed by atoms with Gasteiger partial charge in [0.15, 0.2) is 0 Å². The quantitative estimate of drug-likeness (QED) is 0.574. The number of nitrogens with zero attached hydrogens (tertiary/aromatic N) is 3. The normalized spacial score (nSPS) is 26.0. The molecule has 1 aromatic carbocycles. The minimum Gasteiger partial charge on any atom is -0.466 e. The summed E-state index contributed by atoms with van der Waals surface area (Å²) >= 11 is 0. The first kappa shape index (κ1) is 25.4. The van der Waals surface area contributed by atoms with Gasteiger partial charge < -0.3 is 14.5 Å². The van der Waals surface area contributed by atoms with E-state index < -0.39 is 17.7 Å². The molecule has 0 unspecified atom stereocenters. The molecule has 2 saturated heterocycles. The van der Waals surface area contributed by atoms with Gasteiger partial charge in [-0.15, -0.1) is 0 Å². The van der Waals surface area contributed by atoms with E-state index in [-0.39, 0.29) is 23.8 Å². The highest BCUT2D eigenvalue weighted by Crippen LogP contribution is 2.41. The lowest BCUT2D eigenvalue weighted by atomic mass is 9.81. The highest BCUT2D eigenvalue weighted by molar-refractivity contribution is 5.83. The third-order valence-corrected chi connectivity index (χ3v) is 8.66. The van der Waals surface area contributed by atoms with E-state index in [1.54, 1.807) is 13.0 Å². The van der Waals surface area contributed by atoms with Gasteiger partial charge in [-0.2, -0.15) is 13.2 Å². The van der Waals surface area contributed by atoms with Gasteiger partial charge in [0.2, 0.25) is 5.91 Å². The molecule has 0 aromatic heterocycles. The predicted molar refractivity (Wildman–Crippen MR) is 130 cm³/mol. The molecule has 2 atom stereocenters. The largest absolute Gasteiger partial charge is 0.466 e. The number of hydrogen-bond acceptors (Lipinski definition) is 5. The Kier molecular flexibility index (Phi) is 7.21. The summed E-state index contributed by atoms with van der Waals surface area (Å²) in [5.74, 6) is -0.797. The van der Waals surface area contributed by atoms with Crippen molar-refractivity contribution in [3.8, 4) is 0 Å². The summed E-state index contributed by atoms with van der Waals surface area (Å²) in [5, 5.41) is 0. The van der Waals surface area contributed by atoms with Gasteiger partial charge in [0.25, 0.3) is 0 Å². The number of ether oxygens (including phenoxy) is 1. The van der Waals surface area contributed by atoms with E-state index in [0.717, 1.165) is 18.8 Å². The lowest BCUT2D eigenvalue weighted by molar-refractivity contribution is -0.152. The van der Waals surface area contributed by atoms with Crippen molar-refractivity contribution in [3.05, 3.63) is 29.3 Å². The number of alkyl halides is 3. The molecular formula is C27H36F3N3O3. The van der Waals surface area contributed by atoms with E-state index in [1.165, 1.54) is 37.8 Å². The van der Waals surface area contributed by atoms with Gasteiger partial charge in [-0.05, 0) is 62.8 Å². The number of likely N-dealkylation sites (tertiary alicyclic amines) is 1. The van der Waals surface area contributed by atoms with Crippen molar-refractivity contribution in [2.75, 3.05) is 44.2 Å². The maximum Gasteiger partial charge on any atom is 0.416 e. The van der Waals surface area contributed by atoms with Crippen LogP contribution in [0.5, 0.6) is 0 Å². The number of esters is 1. The van der Waals surface area contributed by atoms with Crippen molar-refractivity contribution in [2.24, 2.45) is 11.8 Å². The number of piperidine rings is 1. The molecule has 3 heterocycles. The second-order valence-electron chi connectivity index (χ2n) is 10.7. The van der Waals surface area contributed by atoms with Crippen LogP contribution in [0, 0.1) is 11.8 Å². The molecule has 6 nitrogen and oxygen atoms in total. The number of amides is 1. The lowest BCUT2D eigenvalue weighted by Gasteiger charge is -2.51. The number of piperazine rings is 1. The number of carbonyl (C=O) groups excluding carboxylic acids is 2. The van der Waals surface area contributed by atoms with Gasteiger partial charge in [-0.3, -0.25) is 14.5 Å². The second kappa shape index (κ2) is 10.2. The zero-order chi connectivity index (χ0) is 25.4. The summed E-state index contributed by atoms with van der Waals surface area (Å²) < 4.78 is 45.6. The predicted octanol–water partition coefficient (Wildman–Crippen LogP) is 4.11. The molecule has 1 amide bonds. The summed E-state index contributed by atoms with van der Waals surface area (Å²) in [6.45, 7) is 5.43. The van der Waals surface area contributed by atoms with Crippen molar-refractivity contribution in [1.82, 2.24) is 9.80 Å². The van der Waals surface area contributed by atoms with Crippen LogP contribution in [-0.4, -0.2) is 73.1 Å². The zero-order valence-electron chi connectivity index (χ0n) is 20.9. The Morgan fingerprint density at radius 3 is 2.42 bits per heavy atom. The highest BCUT2D eigenvalue weighted by atomic mass is 19.4. The first-order chi connectivity index (χ1) is 17.3. The van der Waals surface area contributed by atoms with Crippen LogP contribution in [0.2, 0.25) is 0 Å². The number of hydrogen-bond donors (Lipinski definition) is 0. The Balaban J connectivity index is 1.38. The maximum atomic E-state index is 13.9. The minimum atomic E-state index is -4.42.